The normalized spacial score (nSPS) is 19.9. The van der Waals surface area contributed by atoms with Crippen molar-refractivity contribution < 1.29 is 34.0 Å². The van der Waals surface area contributed by atoms with Crippen LogP contribution in [0.4, 0.5) is 5.13 Å². The summed E-state index contributed by atoms with van der Waals surface area (Å²) in [7, 11) is 1.28. The molecule has 0 aromatic carbocycles. The molecule has 0 aliphatic carbocycles. The molecule has 0 radical (unpaired) electrons. The van der Waals surface area contributed by atoms with Gasteiger partial charge in [0.2, 0.25) is 5.51 Å². The molecule has 4 rings (SSSR count). The molecule has 0 saturated carbocycles. The van der Waals surface area contributed by atoms with E-state index in [1.54, 1.807) is 5.38 Å². The molecule has 1 saturated heterocycles. The van der Waals surface area contributed by atoms with Crippen molar-refractivity contribution in [2.45, 2.75) is 31.3 Å². The van der Waals surface area contributed by atoms with E-state index in [1.165, 1.54) is 35.1 Å². The maximum Gasteiger partial charge on any atom is 0.352 e. The standard InChI is InChI=1S/C20H22N6O6S3/c1-9-12(3-4-27)35-8-25(9)5-10-6-33-18-14(17(29)26(18)15(10)19(30)31)23-16(28)13(24-32-2)11-7-34-20(21)22-11/h7-8,14,18,27H,3-6H2,1-2H3,(H3-,21,22,23,28,30,31)/p+1/b24-13+/t14-,18-/m1/s1. The lowest BCUT2D eigenvalue weighted by Gasteiger charge is -2.49. The molecule has 2 amide bonds. The fourth-order valence-corrected chi connectivity index (χ4v) is 6.73. The van der Waals surface area contributed by atoms with Crippen molar-refractivity contribution in [1.82, 2.24) is 15.2 Å². The molecular weight excluding hydrogens is 516 g/mol. The number of carboxylic acid groups (broad SMARTS) is 1. The Balaban J connectivity index is 1.53. The van der Waals surface area contributed by atoms with E-state index in [9.17, 15) is 24.6 Å². The number of hydrogen-bond acceptors (Lipinski definition) is 11. The lowest BCUT2D eigenvalue weighted by atomic mass is 10.0. The number of aliphatic hydroxyl groups excluding tert-OH is 1. The number of amides is 2. The first-order chi connectivity index (χ1) is 16.8. The molecule has 5 N–H and O–H groups in total. The third kappa shape index (κ3) is 4.76. The fraction of sp³-hybridized carbons (Fsp3) is 0.400. The fourth-order valence-electron chi connectivity index (χ4n) is 3.86. The number of aromatic nitrogens is 2. The van der Waals surface area contributed by atoms with Gasteiger partial charge in [0.1, 0.15) is 29.9 Å². The lowest BCUT2D eigenvalue weighted by molar-refractivity contribution is -0.690. The Morgan fingerprint density at radius 2 is 2.20 bits per heavy atom. The second-order valence-corrected chi connectivity index (χ2v) is 10.6. The quantitative estimate of drug-likeness (QED) is 0.145. The zero-order valence-electron chi connectivity index (χ0n) is 18.8. The van der Waals surface area contributed by atoms with Crippen molar-refractivity contribution in [3.8, 4) is 0 Å². The van der Waals surface area contributed by atoms with Crippen LogP contribution in [0, 0.1) is 6.92 Å². The molecule has 2 aromatic heterocycles. The van der Waals surface area contributed by atoms with E-state index in [1.807, 2.05) is 17.0 Å². The van der Waals surface area contributed by atoms with Crippen molar-refractivity contribution in [2.24, 2.45) is 5.16 Å². The van der Waals surface area contributed by atoms with Crippen LogP contribution in [0.2, 0.25) is 0 Å². The third-order valence-corrected chi connectivity index (χ3v) is 8.71. The van der Waals surface area contributed by atoms with Gasteiger partial charge < -0.3 is 26.1 Å². The Morgan fingerprint density at radius 1 is 1.43 bits per heavy atom. The van der Waals surface area contributed by atoms with Crippen LogP contribution in [0.1, 0.15) is 16.3 Å². The Labute approximate surface area is 212 Å². The van der Waals surface area contributed by atoms with Gasteiger partial charge in [-0.3, -0.25) is 14.5 Å². The maximum atomic E-state index is 13.0. The van der Waals surface area contributed by atoms with E-state index in [0.29, 0.717) is 24.3 Å². The number of β-lactam (4-membered cyclic amide) rings is 1. The molecule has 4 heterocycles. The van der Waals surface area contributed by atoms with E-state index in [-0.39, 0.29) is 28.8 Å². The first kappa shape index (κ1) is 25.1. The number of thioether (sulfide) groups is 1. The molecule has 2 atom stereocenters. The monoisotopic (exact) mass is 539 g/mol. The second kappa shape index (κ2) is 10.3. The van der Waals surface area contributed by atoms with Crippen LogP contribution in [0.25, 0.3) is 0 Å². The Kier molecular flexibility index (Phi) is 7.39. The van der Waals surface area contributed by atoms with Crippen LogP contribution in [0.5, 0.6) is 0 Å². The largest absolute Gasteiger partial charge is 0.477 e. The summed E-state index contributed by atoms with van der Waals surface area (Å²) >= 11 is 4.00. The molecule has 12 nitrogen and oxygen atoms in total. The zero-order valence-corrected chi connectivity index (χ0v) is 21.2. The van der Waals surface area contributed by atoms with E-state index in [0.717, 1.165) is 21.9 Å². The number of nitrogens with one attached hydrogen (secondary N) is 1. The van der Waals surface area contributed by atoms with Gasteiger partial charge in [-0.25, -0.2) is 9.78 Å². The number of rotatable bonds is 9. The van der Waals surface area contributed by atoms with Gasteiger partial charge in [-0.2, -0.15) is 4.57 Å². The number of anilines is 1. The molecule has 186 valence electrons. The van der Waals surface area contributed by atoms with E-state index in [2.05, 4.69) is 15.5 Å². The average Bonchev–Trinajstić information content (AvgIpc) is 3.41. The van der Waals surface area contributed by atoms with Gasteiger partial charge >= 0.3 is 5.97 Å². The van der Waals surface area contributed by atoms with Crippen LogP contribution in [0.3, 0.4) is 0 Å². The number of carboxylic acids is 1. The highest BCUT2D eigenvalue weighted by molar-refractivity contribution is 8.00. The number of carbonyl (C=O) groups is 3. The summed E-state index contributed by atoms with van der Waals surface area (Å²) in [5, 5.41) is 26.7. The summed E-state index contributed by atoms with van der Waals surface area (Å²) in [5.74, 6) is -2.02. The van der Waals surface area contributed by atoms with Crippen molar-refractivity contribution >= 4 is 63.1 Å². The predicted octanol–water partition coefficient (Wildman–Crippen LogP) is -0.293. The molecule has 2 aliphatic heterocycles. The molecule has 35 heavy (non-hydrogen) atoms. The molecule has 1 fully saturated rings. The van der Waals surface area contributed by atoms with E-state index in [4.69, 9.17) is 10.6 Å². The van der Waals surface area contributed by atoms with Gasteiger partial charge in [0.25, 0.3) is 11.8 Å². The number of fused-ring (bicyclic) bond motifs is 1. The Morgan fingerprint density at radius 3 is 2.83 bits per heavy atom. The minimum atomic E-state index is -1.20. The van der Waals surface area contributed by atoms with Crippen LogP contribution in [-0.4, -0.2) is 74.5 Å². The van der Waals surface area contributed by atoms with Crippen LogP contribution < -0.4 is 15.6 Å². The summed E-state index contributed by atoms with van der Waals surface area (Å²) in [4.78, 5) is 49.0. The zero-order chi connectivity index (χ0) is 25.3. The lowest BCUT2D eigenvalue weighted by Crippen LogP contribution is -2.71. The van der Waals surface area contributed by atoms with Crippen LogP contribution in [0.15, 0.2) is 27.3 Å². The first-order valence-corrected chi connectivity index (χ1v) is 13.2. The number of nitrogens with two attached hydrogens (primary N) is 1. The van der Waals surface area contributed by atoms with Gasteiger partial charge in [0, 0.05) is 36.7 Å². The Hall–Kier alpha value is -3.01. The van der Waals surface area contributed by atoms with Crippen molar-refractivity contribution in [2.75, 3.05) is 25.2 Å². The number of thiazole rings is 2. The predicted molar refractivity (Wildman–Crippen MR) is 130 cm³/mol. The number of hydrogen-bond donors (Lipinski definition) is 4. The van der Waals surface area contributed by atoms with Gasteiger partial charge in [-0.05, 0) is 0 Å². The van der Waals surface area contributed by atoms with E-state index < -0.39 is 29.2 Å². The summed E-state index contributed by atoms with van der Waals surface area (Å²) in [6.07, 6.45) is 0.527. The average molecular weight is 540 g/mol. The number of nitrogen functional groups attached to an aromatic ring is 1. The molecule has 2 aliphatic rings. The second-order valence-electron chi connectivity index (χ2n) is 7.65. The van der Waals surface area contributed by atoms with Gasteiger partial charge in [0.15, 0.2) is 23.1 Å². The van der Waals surface area contributed by atoms with Crippen LogP contribution in [-0.2, 0) is 32.2 Å². The highest BCUT2D eigenvalue weighted by atomic mass is 32.2. The maximum absolute atomic E-state index is 13.0. The summed E-state index contributed by atoms with van der Waals surface area (Å²) in [6.45, 7) is 2.26. The van der Waals surface area contributed by atoms with Crippen LogP contribution >= 0.6 is 34.4 Å². The molecule has 0 unspecified atom stereocenters. The van der Waals surface area contributed by atoms with Gasteiger partial charge in [-0.15, -0.1) is 23.1 Å². The topological polar surface area (TPSA) is 171 Å². The minimum Gasteiger partial charge on any atom is -0.477 e. The summed E-state index contributed by atoms with van der Waals surface area (Å²) in [6, 6.07) is -0.923. The van der Waals surface area contributed by atoms with Gasteiger partial charge in [0.05, 0.1) is 4.88 Å². The highest BCUT2D eigenvalue weighted by Gasteiger charge is 2.55. The SMILES string of the molecule is CO/N=C(/C(=O)N[C@@H]1C(=O)N2C(C(=O)O)=C(C[n+]3csc(CCO)c3C)CS[C@H]12)c1csc(N)n1. The van der Waals surface area contributed by atoms with Gasteiger partial charge in [-0.1, -0.05) is 16.5 Å². The summed E-state index contributed by atoms with van der Waals surface area (Å²) in [5.41, 5.74) is 9.08. The van der Waals surface area contributed by atoms with E-state index >= 15 is 0 Å². The number of nitrogens with zero attached hydrogens (tertiary/aromatic N) is 4. The first-order valence-electron chi connectivity index (χ1n) is 10.4. The molecule has 15 heteroatoms. The minimum absolute atomic E-state index is 0.0318. The molecular formula is C20H23N6O6S3+. The third-order valence-electron chi connectivity index (χ3n) is 5.56. The van der Waals surface area contributed by atoms with Crippen molar-refractivity contribution in [1.29, 1.82) is 0 Å². The smallest absolute Gasteiger partial charge is 0.352 e. The van der Waals surface area contributed by atoms with Crippen molar-refractivity contribution in [3.63, 3.8) is 0 Å². The number of aliphatic hydroxyl groups is 1. The number of carbonyl (C=O) groups excluding carboxylic acids is 2. The van der Waals surface area contributed by atoms with Crippen molar-refractivity contribution in [3.05, 3.63) is 38.4 Å². The number of oxime groups is 1. The highest BCUT2D eigenvalue weighted by Crippen LogP contribution is 2.40. The molecule has 2 aromatic rings. The number of aliphatic carboxylic acids is 1. The summed E-state index contributed by atoms with van der Waals surface area (Å²) < 4.78 is 1.92. The molecule has 0 spiro atoms. The molecule has 0 bridgehead atoms. The Bertz CT molecular complexity index is 1240.